The summed E-state index contributed by atoms with van der Waals surface area (Å²) in [5.41, 5.74) is 2.90. The van der Waals surface area contributed by atoms with Crippen molar-refractivity contribution in [1.82, 2.24) is 4.98 Å². The number of nitrogens with zero attached hydrogens (tertiary/aromatic N) is 1. The number of aryl methyl sites for hydroxylation is 1. The molecule has 0 saturated heterocycles. The number of nitrogens with one attached hydrogen (secondary N) is 1. The van der Waals surface area contributed by atoms with Crippen LogP contribution in [0.2, 0.25) is 0 Å². The highest BCUT2D eigenvalue weighted by Gasteiger charge is 2.13. The number of aromatic nitrogens is 1. The zero-order valence-corrected chi connectivity index (χ0v) is 18.1. The molecule has 0 spiro atoms. The first-order chi connectivity index (χ1) is 13.8. The summed E-state index contributed by atoms with van der Waals surface area (Å²) in [6, 6.07) is 12.4. The minimum Gasteiger partial charge on any atom is -0.494 e. The molecule has 1 aromatic heterocycles. The Morgan fingerprint density at radius 1 is 1.17 bits per heavy atom. The third-order valence-electron chi connectivity index (χ3n) is 4.22. The number of carbonyl (C=O) groups is 1. The molecule has 1 amide bonds. The van der Waals surface area contributed by atoms with Crippen molar-refractivity contribution in [2.24, 2.45) is 0 Å². The van der Waals surface area contributed by atoms with Crippen LogP contribution in [0.3, 0.4) is 0 Å². The first kappa shape index (κ1) is 21.0. The molecule has 1 heterocycles. The number of hydrogen-bond donors (Lipinski definition) is 1. The maximum absolute atomic E-state index is 12.4. The maximum Gasteiger partial charge on any atom is 0.230 e. The molecule has 8 heteroatoms. The van der Waals surface area contributed by atoms with Crippen LogP contribution >= 0.6 is 11.3 Å². The number of benzene rings is 2. The van der Waals surface area contributed by atoms with Crippen molar-refractivity contribution < 1.29 is 17.9 Å². The Hall–Kier alpha value is -2.71. The molecule has 2 aromatic carbocycles. The Bertz CT molecular complexity index is 1120. The van der Waals surface area contributed by atoms with E-state index < -0.39 is 9.84 Å². The quantitative estimate of drug-likeness (QED) is 0.610. The SMILES string of the molecule is CCOc1ccc(-c2nc(CC(=O)Nc3cc(S(C)(=O)=O)ccc3C)cs2)cc1. The molecule has 0 fully saturated rings. The van der Waals surface area contributed by atoms with Gasteiger partial charge in [0.15, 0.2) is 9.84 Å². The van der Waals surface area contributed by atoms with Crippen molar-refractivity contribution >= 4 is 32.8 Å². The van der Waals surface area contributed by atoms with Gasteiger partial charge in [0.25, 0.3) is 0 Å². The Balaban J connectivity index is 1.69. The minimum absolute atomic E-state index is 0.107. The fourth-order valence-corrected chi connectivity index (χ4v) is 4.18. The molecule has 0 bridgehead atoms. The third kappa shape index (κ3) is 5.42. The Kier molecular flexibility index (Phi) is 6.34. The molecule has 29 heavy (non-hydrogen) atoms. The second kappa shape index (κ2) is 8.75. The van der Waals surface area contributed by atoms with Crippen molar-refractivity contribution in [2.45, 2.75) is 25.2 Å². The number of anilines is 1. The largest absolute Gasteiger partial charge is 0.494 e. The van der Waals surface area contributed by atoms with Gasteiger partial charge in [0.2, 0.25) is 5.91 Å². The van der Waals surface area contributed by atoms with Crippen LogP contribution in [-0.2, 0) is 21.1 Å². The van der Waals surface area contributed by atoms with Crippen molar-refractivity contribution in [1.29, 1.82) is 0 Å². The first-order valence-electron chi connectivity index (χ1n) is 9.04. The van der Waals surface area contributed by atoms with E-state index in [1.165, 1.54) is 23.5 Å². The molecule has 1 N–H and O–H groups in total. The predicted octanol–water partition coefficient (Wildman–Crippen LogP) is 4.10. The summed E-state index contributed by atoms with van der Waals surface area (Å²) in [5.74, 6) is 0.557. The summed E-state index contributed by atoms with van der Waals surface area (Å²) in [5, 5.41) is 5.46. The number of hydrogen-bond acceptors (Lipinski definition) is 6. The topological polar surface area (TPSA) is 85.4 Å². The van der Waals surface area contributed by atoms with Crippen LogP contribution in [0.5, 0.6) is 5.75 Å². The summed E-state index contributed by atoms with van der Waals surface area (Å²) in [6.07, 6.45) is 1.25. The van der Waals surface area contributed by atoms with Gasteiger partial charge in [-0.2, -0.15) is 0 Å². The number of amides is 1. The van der Waals surface area contributed by atoms with Crippen LogP contribution in [0.25, 0.3) is 10.6 Å². The van der Waals surface area contributed by atoms with E-state index in [9.17, 15) is 13.2 Å². The van der Waals surface area contributed by atoms with E-state index in [0.717, 1.165) is 28.1 Å². The van der Waals surface area contributed by atoms with Gasteiger partial charge in [0, 0.05) is 22.9 Å². The second-order valence-electron chi connectivity index (χ2n) is 6.58. The van der Waals surface area contributed by atoms with E-state index in [2.05, 4.69) is 10.3 Å². The van der Waals surface area contributed by atoms with Gasteiger partial charge >= 0.3 is 0 Å². The van der Waals surface area contributed by atoms with E-state index >= 15 is 0 Å². The van der Waals surface area contributed by atoms with Crippen molar-refractivity contribution in [3.63, 3.8) is 0 Å². The highest BCUT2D eigenvalue weighted by atomic mass is 32.2. The minimum atomic E-state index is -3.34. The number of sulfone groups is 1. The monoisotopic (exact) mass is 430 g/mol. The van der Waals surface area contributed by atoms with Gasteiger partial charge in [0.1, 0.15) is 10.8 Å². The van der Waals surface area contributed by atoms with Gasteiger partial charge in [-0.25, -0.2) is 13.4 Å². The fourth-order valence-electron chi connectivity index (χ4n) is 2.71. The van der Waals surface area contributed by atoms with Crippen LogP contribution in [0.1, 0.15) is 18.2 Å². The molecule has 0 unspecified atom stereocenters. The summed E-state index contributed by atoms with van der Waals surface area (Å²) in [4.78, 5) is 17.2. The van der Waals surface area contributed by atoms with E-state index in [0.29, 0.717) is 18.0 Å². The summed E-state index contributed by atoms with van der Waals surface area (Å²) < 4.78 is 28.9. The van der Waals surface area contributed by atoms with Crippen LogP contribution in [0, 0.1) is 6.92 Å². The van der Waals surface area contributed by atoms with Crippen LogP contribution in [0.4, 0.5) is 5.69 Å². The Morgan fingerprint density at radius 2 is 1.90 bits per heavy atom. The number of ether oxygens (including phenoxy) is 1. The zero-order valence-electron chi connectivity index (χ0n) is 16.4. The van der Waals surface area contributed by atoms with Gasteiger partial charge < -0.3 is 10.1 Å². The van der Waals surface area contributed by atoms with Crippen LogP contribution in [0.15, 0.2) is 52.7 Å². The lowest BCUT2D eigenvalue weighted by Crippen LogP contribution is -2.15. The van der Waals surface area contributed by atoms with E-state index in [1.807, 2.05) is 43.5 Å². The lowest BCUT2D eigenvalue weighted by molar-refractivity contribution is -0.115. The van der Waals surface area contributed by atoms with Crippen LogP contribution < -0.4 is 10.1 Å². The van der Waals surface area contributed by atoms with Crippen LogP contribution in [-0.4, -0.2) is 32.2 Å². The molecular weight excluding hydrogens is 408 g/mol. The van der Waals surface area contributed by atoms with Crippen molar-refractivity contribution in [2.75, 3.05) is 18.2 Å². The van der Waals surface area contributed by atoms with E-state index in [-0.39, 0.29) is 17.2 Å². The highest BCUT2D eigenvalue weighted by Crippen LogP contribution is 2.26. The summed E-state index contributed by atoms with van der Waals surface area (Å²) >= 11 is 1.47. The van der Waals surface area contributed by atoms with Gasteiger partial charge in [-0.05, 0) is 55.8 Å². The molecule has 0 radical (unpaired) electrons. The molecule has 3 aromatic rings. The van der Waals surface area contributed by atoms with E-state index in [4.69, 9.17) is 4.74 Å². The first-order valence-corrected chi connectivity index (χ1v) is 11.8. The molecule has 0 aliphatic heterocycles. The number of thiazole rings is 1. The Labute approximate surface area is 174 Å². The standard InChI is InChI=1S/C21H22N2O4S2/c1-4-27-17-8-6-15(7-9-17)21-22-16(13-28-21)11-20(24)23-19-12-18(29(3,25)26)10-5-14(19)2/h5-10,12-13H,4,11H2,1-3H3,(H,23,24). The average Bonchev–Trinajstić information content (AvgIpc) is 3.12. The molecular formula is C21H22N2O4S2. The van der Waals surface area contributed by atoms with Crippen molar-refractivity contribution in [3.8, 4) is 16.3 Å². The molecule has 0 aliphatic carbocycles. The fraction of sp³-hybridized carbons (Fsp3) is 0.238. The molecule has 6 nitrogen and oxygen atoms in total. The lowest BCUT2D eigenvalue weighted by Gasteiger charge is -2.09. The smallest absolute Gasteiger partial charge is 0.230 e. The van der Waals surface area contributed by atoms with Gasteiger partial charge in [-0.1, -0.05) is 6.07 Å². The van der Waals surface area contributed by atoms with E-state index in [1.54, 1.807) is 6.07 Å². The molecule has 0 atom stereocenters. The summed E-state index contributed by atoms with van der Waals surface area (Å²) in [6.45, 7) is 4.36. The maximum atomic E-state index is 12.4. The molecule has 0 saturated carbocycles. The second-order valence-corrected chi connectivity index (χ2v) is 9.45. The lowest BCUT2D eigenvalue weighted by atomic mass is 10.2. The third-order valence-corrected chi connectivity index (χ3v) is 6.27. The van der Waals surface area contributed by atoms with Gasteiger partial charge in [0.05, 0.1) is 23.6 Å². The molecule has 0 aliphatic rings. The normalized spacial score (nSPS) is 11.3. The average molecular weight is 431 g/mol. The highest BCUT2D eigenvalue weighted by molar-refractivity contribution is 7.90. The summed E-state index contributed by atoms with van der Waals surface area (Å²) in [7, 11) is -3.34. The van der Waals surface area contributed by atoms with Gasteiger partial charge in [-0.3, -0.25) is 4.79 Å². The zero-order chi connectivity index (χ0) is 21.0. The number of carbonyl (C=O) groups excluding carboxylic acids is 1. The van der Waals surface area contributed by atoms with Crippen molar-refractivity contribution in [3.05, 3.63) is 59.1 Å². The van der Waals surface area contributed by atoms with Gasteiger partial charge in [-0.15, -0.1) is 11.3 Å². The Morgan fingerprint density at radius 3 is 2.55 bits per heavy atom. The molecule has 3 rings (SSSR count). The predicted molar refractivity (Wildman–Crippen MR) is 115 cm³/mol. The molecule has 152 valence electrons. The number of rotatable bonds is 7.